The van der Waals surface area contributed by atoms with Gasteiger partial charge >= 0.3 is 5.97 Å². The van der Waals surface area contributed by atoms with Gasteiger partial charge in [-0.2, -0.15) is 0 Å². The molecule has 0 saturated heterocycles. The van der Waals surface area contributed by atoms with Gasteiger partial charge in [-0.15, -0.1) is 0 Å². The third-order valence-corrected chi connectivity index (χ3v) is 3.62. The number of rotatable bonds is 4. The lowest BCUT2D eigenvalue weighted by Gasteiger charge is -2.15. The molecule has 0 aliphatic heterocycles. The lowest BCUT2D eigenvalue weighted by atomic mass is 10.0. The zero-order valence-electron chi connectivity index (χ0n) is 11.4. The Morgan fingerprint density at radius 2 is 2.00 bits per heavy atom. The standard InChI is InChI=1S/C15H21NO3/c1-11-8-13(15(17)18)9-14(16-11)19-10-12-6-4-2-3-5-7-12/h8-9,12H,2-7,10H2,1H3,(H,17,18). The minimum absolute atomic E-state index is 0.239. The summed E-state index contributed by atoms with van der Waals surface area (Å²) >= 11 is 0. The summed E-state index contributed by atoms with van der Waals surface area (Å²) in [5.41, 5.74) is 0.916. The number of carboxylic acid groups (broad SMARTS) is 1. The number of ether oxygens (including phenoxy) is 1. The number of nitrogens with zero attached hydrogens (tertiary/aromatic N) is 1. The number of aromatic carboxylic acids is 1. The molecule has 1 heterocycles. The van der Waals surface area contributed by atoms with Crippen LogP contribution in [0.2, 0.25) is 0 Å². The normalized spacial score (nSPS) is 16.9. The van der Waals surface area contributed by atoms with E-state index in [-0.39, 0.29) is 5.56 Å². The van der Waals surface area contributed by atoms with Gasteiger partial charge in [-0.25, -0.2) is 9.78 Å². The number of hydrogen-bond acceptors (Lipinski definition) is 3. The quantitative estimate of drug-likeness (QED) is 0.845. The maximum Gasteiger partial charge on any atom is 0.335 e. The van der Waals surface area contributed by atoms with Crippen molar-refractivity contribution in [2.45, 2.75) is 45.4 Å². The summed E-state index contributed by atoms with van der Waals surface area (Å²) in [4.78, 5) is 15.2. The number of hydrogen-bond donors (Lipinski definition) is 1. The van der Waals surface area contributed by atoms with Gasteiger partial charge in [0.15, 0.2) is 0 Å². The van der Waals surface area contributed by atoms with E-state index < -0.39 is 5.97 Å². The molecule has 1 fully saturated rings. The highest BCUT2D eigenvalue weighted by molar-refractivity contribution is 5.87. The fourth-order valence-electron chi connectivity index (χ4n) is 2.57. The monoisotopic (exact) mass is 263 g/mol. The highest BCUT2D eigenvalue weighted by atomic mass is 16.5. The van der Waals surface area contributed by atoms with Gasteiger partial charge in [0.2, 0.25) is 5.88 Å². The first kappa shape index (κ1) is 13.8. The van der Waals surface area contributed by atoms with Crippen LogP contribution in [0.5, 0.6) is 5.88 Å². The summed E-state index contributed by atoms with van der Waals surface area (Å²) in [7, 11) is 0. The number of aromatic nitrogens is 1. The summed E-state index contributed by atoms with van der Waals surface area (Å²) in [6.45, 7) is 2.43. The van der Waals surface area contributed by atoms with Gasteiger partial charge < -0.3 is 9.84 Å². The highest BCUT2D eigenvalue weighted by Crippen LogP contribution is 2.23. The molecule has 104 valence electrons. The van der Waals surface area contributed by atoms with E-state index >= 15 is 0 Å². The molecule has 1 N–H and O–H groups in total. The van der Waals surface area contributed by atoms with Crippen LogP contribution in [0.3, 0.4) is 0 Å². The second-order valence-corrected chi connectivity index (χ2v) is 5.31. The van der Waals surface area contributed by atoms with E-state index in [0.29, 0.717) is 24.1 Å². The average molecular weight is 263 g/mol. The molecule has 0 aromatic carbocycles. The van der Waals surface area contributed by atoms with Gasteiger partial charge in [-0.05, 0) is 31.7 Å². The predicted octanol–water partition coefficient (Wildman–Crippen LogP) is 3.44. The van der Waals surface area contributed by atoms with Crippen molar-refractivity contribution in [3.63, 3.8) is 0 Å². The summed E-state index contributed by atoms with van der Waals surface area (Å²) in [6.07, 6.45) is 7.60. The van der Waals surface area contributed by atoms with E-state index in [1.54, 1.807) is 13.0 Å². The van der Waals surface area contributed by atoms with E-state index in [1.807, 2.05) is 0 Å². The Labute approximate surface area is 113 Å². The van der Waals surface area contributed by atoms with Crippen molar-refractivity contribution < 1.29 is 14.6 Å². The van der Waals surface area contributed by atoms with Crippen molar-refractivity contribution in [2.24, 2.45) is 5.92 Å². The first-order chi connectivity index (χ1) is 9.15. The molecule has 4 nitrogen and oxygen atoms in total. The van der Waals surface area contributed by atoms with Gasteiger partial charge in [-0.1, -0.05) is 25.7 Å². The van der Waals surface area contributed by atoms with E-state index in [4.69, 9.17) is 9.84 Å². The molecule has 4 heteroatoms. The smallest absolute Gasteiger partial charge is 0.335 e. The molecule has 0 atom stereocenters. The van der Waals surface area contributed by atoms with Crippen molar-refractivity contribution in [2.75, 3.05) is 6.61 Å². The molecule has 1 saturated carbocycles. The van der Waals surface area contributed by atoms with Crippen LogP contribution in [0.15, 0.2) is 12.1 Å². The van der Waals surface area contributed by atoms with Crippen molar-refractivity contribution in [3.8, 4) is 5.88 Å². The fraction of sp³-hybridized carbons (Fsp3) is 0.600. The molecule has 0 unspecified atom stereocenters. The van der Waals surface area contributed by atoms with Crippen LogP contribution in [0.4, 0.5) is 0 Å². The summed E-state index contributed by atoms with van der Waals surface area (Å²) in [5.74, 6) is 0.0737. The Bertz CT molecular complexity index is 437. The second-order valence-electron chi connectivity index (χ2n) is 5.31. The van der Waals surface area contributed by atoms with Crippen molar-refractivity contribution in [1.82, 2.24) is 4.98 Å². The summed E-state index contributed by atoms with van der Waals surface area (Å²) in [5, 5.41) is 9.00. The van der Waals surface area contributed by atoms with E-state index in [1.165, 1.54) is 44.6 Å². The van der Waals surface area contributed by atoms with E-state index in [0.717, 1.165) is 0 Å². The Morgan fingerprint density at radius 3 is 2.63 bits per heavy atom. The fourth-order valence-corrected chi connectivity index (χ4v) is 2.57. The van der Waals surface area contributed by atoms with Crippen molar-refractivity contribution >= 4 is 5.97 Å². The number of carbonyl (C=O) groups is 1. The van der Waals surface area contributed by atoms with Crippen LogP contribution in [-0.4, -0.2) is 22.7 Å². The summed E-state index contributed by atoms with van der Waals surface area (Å²) < 4.78 is 5.70. The average Bonchev–Trinajstić information content (AvgIpc) is 2.64. The van der Waals surface area contributed by atoms with Crippen molar-refractivity contribution in [3.05, 3.63) is 23.4 Å². The zero-order chi connectivity index (χ0) is 13.7. The van der Waals surface area contributed by atoms with Gasteiger partial charge in [0.25, 0.3) is 0 Å². The maximum atomic E-state index is 11.0. The Balaban J connectivity index is 1.96. The lowest BCUT2D eigenvalue weighted by molar-refractivity contribution is 0.0696. The zero-order valence-corrected chi connectivity index (χ0v) is 11.4. The highest BCUT2D eigenvalue weighted by Gasteiger charge is 2.14. The Morgan fingerprint density at radius 1 is 1.32 bits per heavy atom. The Kier molecular flexibility index (Phi) is 4.77. The van der Waals surface area contributed by atoms with Gasteiger partial charge in [-0.3, -0.25) is 0 Å². The van der Waals surface area contributed by atoms with Gasteiger partial charge in [0.1, 0.15) is 0 Å². The molecule has 1 aliphatic carbocycles. The largest absolute Gasteiger partial charge is 0.478 e. The molecular formula is C15H21NO3. The van der Waals surface area contributed by atoms with Crippen LogP contribution in [-0.2, 0) is 0 Å². The van der Waals surface area contributed by atoms with Crippen molar-refractivity contribution in [1.29, 1.82) is 0 Å². The first-order valence-electron chi connectivity index (χ1n) is 7.00. The number of aryl methyl sites for hydroxylation is 1. The molecule has 19 heavy (non-hydrogen) atoms. The first-order valence-corrected chi connectivity index (χ1v) is 7.00. The van der Waals surface area contributed by atoms with Gasteiger partial charge in [0.05, 0.1) is 12.2 Å². The maximum absolute atomic E-state index is 11.0. The third-order valence-electron chi connectivity index (χ3n) is 3.62. The molecule has 1 aromatic rings. The van der Waals surface area contributed by atoms with Crippen LogP contribution in [0, 0.1) is 12.8 Å². The topological polar surface area (TPSA) is 59.4 Å². The molecule has 1 aliphatic rings. The molecule has 0 amide bonds. The number of carboxylic acids is 1. The van der Waals surface area contributed by atoms with Crippen LogP contribution < -0.4 is 4.74 Å². The molecule has 0 radical (unpaired) electrons. The van der Waals surface area contributed by atoms with E-state index in [2.05, 4.69) is 4.98 Å². The summed E-state index contributed by atoms with van der Waals surface area (Å²) in [6, 6.07) is 3.06. The van der Waals surface area contributed by atoms with E-state index in [9.17, 15) is 4.79 Å². The van der Waals surface area contributed by atoms with Crippen LogP contribution in [0.25, 0.3) is 0 Å². The number of pyridine rings is 1. The molecular weight excluding hydrogens is 242 g/mol. The molecule has 0 bridgehead atoms. The lowest BCUT2D eigenvalue weighted by Crippen LogP contribution is -2.12. The van der Waals surface area contributed by atoms with Crippen LogP contribution >= 0.6 is 0 Å². The molecule has 2 rings (SSSR count). The molecule has 0 spiro atoms. The third kappa shape index (κ3) is 4.23. The Hall–Kier alpha value is -1.58. The van der Waals surface area contributed by atoms with Gasteiger partial charge in [0, 0.05) is 11.8 Å². The SMILES string of the molecule is Cc1cc(C(=O)O)cc(OCC2CCCCCC2)n1. The predicted molar refractivity (Wildman–Crippen MR) is 72.6 cm³/mol. The molecule has 1 aromatic heterocycles. The second kappa shape index (κ2) is 6.55. The minimum Gasteiger partial charge on any atom is -0.478 e. The van der Waals surface area contributed by atoms with Crippen LogP contribution in [0.1, 0.15) is 54.6 Å². The minimum atomic E-state index is -0.940.